The second kappa shape index (κ2) is 7.86. The summed E-state index contributed by atoms with van der Waals surface area (Å²) in [6, 6.07) is 12.3. The van der Waals surface area contributed by atoms with Crippen LogP contribution in [0, 0.1) is 10.5 Å². The third-order valence-corrected chi connectivity index (χ3v) is 4.83. The number of nitrogens with zero attached hydrogens (tertiary/aromatic N) is 1. The van der Waals surface area contributed by atoms with E-state index in [4.69, 9.17) is 0 Å². The lowest BCUT2D eigenvalue weighted by atomic mass is 10.1. The highest BCUT2D eigenvalue weighted by molar-refractivity contribution is 14.1. The fourth-order valence-corrected chi connectivity index (χ4v) is 3.46. The van der Waals surface area contributed by atoms with Crippen LogP contribution in [-0.4, -0.2) is 35.8 Å². The van der Waals surface area contributed by atoms with E-state index in [0.29, 0.717) is 24.1 Å². The predicted molar refractivity (Wildman–Crippen MR) is 107 cm³/mol. The highest BCUT2D eigenvalue weighted by Gasteiger charge is 2.34. The maximum absolute atomic E-state index is 12.2. The van der Waals surface area contributed by atoms with Gasteiger partial charge in [-0.25, -0.2) is 4.79 Å². The number of hydrogen-bond acceptors (Lipinski definition) is 3. The number of rotatable bonds is 5. The van der Waals surface area contributed by atoms with Crippen molar-refractivity contribution in [3.05, 3.63) is 62.7 Å². The molecule has 2 aromatic carbocycles. The molecule has 7 heteroatoms. The number of halogens is 1. The lowest BCUT2D eigenvalue weighted by Gasteiger charge is -2.14. The molecule has 0 unspecified atom stereocenters. The van der Waals surface area contributed by atoms with E-state index in [1.807, 2.05) is 25.1 Å². The molecule has 1 aliphatic heterocycles. The number of benzene rings is 2. The molecule has 1 heterocycles. The molecular formula is C19H18IN3O3. The van der Waals surface area contributed by atoms with Crippen molar-refractivity contribution in [2.75, 3.05) is 18.4 Å². The van der Waals surface area contributed by atoms with Gasteiger partial charge in [0.1, 0.15) is 0 Å². The van der Waals surface area contributed by atoms with Crippen LogP contribution in [-0.2, 0) is 0 Å². The first kappa shape index (κ1) is 18.4. The van der Waals surface area contributed by atoms with E-state index in [0.717, 1.165) is 14.8 Å². The van der Waals surface area contributed by atoms with Gasteiger partial charge in [0.15, 0.2) is 0 Å². The topological polar surface area (TPSA) is 78.5 Å². The zero-order chi connectivity index (χ0) is 18.7. The minimum absolute atomic E-state index is 0.273. The molecule has 0 saturated heterocycles. The number of imide groups is 1. The number of hydrogen-bond donors (Lipinski definition) is 2. The minimum Gasteiger partial charge on any atom is -0.338 e. The summed E-state index contributed by atoms with van der Waals surface area (Å²) in [5.74, 6) is -0.547. The number of carbonyl (C=O) groups excluding carboxylic acids is 3. The quantitative estimate of drug-likeness (QED) is 0.406. The molecule has 6 nitrogen and oxygen atoms in total. The number of anilines is 1. The summed E-state index contributed by atoms with van der Waals surface area (Å²) in [5, 5.41) is 5.54. The van der Waals surface area contributed by atoms with Crippen molar-refractivity contribution in [2.24, 2.45) is 0 Å². The Hall–Kier alpha value is -2.42. The lowest BCUT2D eigenvalue weighted by molar-refractivity contribution is 0.0653. The number of carbonyl (C=O) groups is 3. The second-order valence-corrected chi connectivity index (χ2v) is 7.25. The summed E-state index contributed by atoms with van der Waals surface area (Å²) >= 11 is 2.22. The molecule has 0 bridgehead atoms. The zero-order valence-electron chi connectivity index (χ0n) is 14.2. The monoisotopic (exact) mass is 463 g/mol. The van der Waals surface area contributed by atoms with Gasteiger partial charge >= 0.3 is 6.03 Å². The van der Waals surface area contributed by atoms with Crippen LogP contribution in [0.4, 0.5) is 10.5 Å². The van der Waals surface area contributed by atoms with Gasteiger partial charge in [-0.05, 0) is 71.8 Å². The van der Waals surface area contributed by atoms with Gasteiger partial charge in [0.05, 0.1) is 11.1 Å². The Balaban J connectivity index is 1.47. The fourth-order valence-electron chi connectivity index (χ4n) is 2.82. The molecular weight excluding hydrogens is 445 g/mol. The third-order valence-electron chi connectivity index (χ3n) is 4.16. The van der Waals surface area contributed by atoms with Crippen molar-refractivity contribution in [1.82, 2.24) is 10.2 Å². The molecule has 0 saturated carbocycles. The van der Waals surface area contributed by atoms with Gasteiger partial charge in [-0.1, -0.05) is 12.1 Å². The summed E-state index contributed by atoms with van der Waals surface area (Å²) < 4.78 is 1.10. The maximum Gasteiger partial charge on any atom is 0.319 e. The summed E-state index contributed by atoms with van der Waals surface area (Å²) in [4.78, 5) is 37.7. The normalized spacial score (nSPS) is 12.9. The number of fused-ring (bicyclic) bond motifs is 1. The van der Waals surface area contributed by atoms with Gasteiger partial charge < -0.3 is 10.6 Å². The second-order valence-electron chi connectivity index (χ2n) is 6.00. The molecule has 3 rings (SSSR count). The molecule has 134 valence electrons. The van der Waals surface area contributed by atoms with Crippen LogP contribution >= 0.6 is 22.6 Å². The lowest BCUT2D eigenvalue weighted by Crippen LogP contribution is -2.35. The SMILES string of the molecule is Cc1cc(I)ccc1NC(=O)NCCCN1C(=O)c2ccccc2C1=O. The van der Waals surface area contributed by atoms with Crippen LogP contribution in [0.15, 0.2) is 42.5 Å². The smallest absolute Gasteiger partial charge is 0.319 e. The van der Waals surface area contributed by atoms with Gasteiger partial charge in [-0.15, -0.1) is 0 Å². The van der Waals surface area contributed by atoms with Crippen molar-refractivity contribution < 1.29 is 14.4 Å². The molecule has 1 aliphatic rings. The van der Waals surface area contributed by atoms with Crippen LogP contribution < -0.4 is 10.6 Å². The number of amides is 4. The van der Waals surface area contributed by atoms with Crippen molar-refractivity contribution >= 4 is 46.1 Å². The average Bonchev–Trinajstić information content (AvgIpc) is 2.86. The Morgan fingerprint density at radius 3 is 2.35 bits per heavy atom. The predicted octanol–water partition coefficient (Wildman–Crippen LogP) is 3.41. The van der Waals surface area contributed by atoms with E-state index >= 15 is 0 Å². The van der Waals surface area contributed by atoms with Crippen LogP contribution in [0.3, 0.4) is 0 Å². The molecule has 0 spiro atoms. The number of aryl methyl sites for hydroxylation is 1. The van der Waals surface area contributed by atoms with E-state index in [-0.39, 0.29) is 24.4 Å². The molecule has 0 atom stereocenters. The van der Waals surface area contributed by atoms with Crippen LogP contribution in [0.25, 0.3) is 0 Å². The fraction of sp³-hybridized carbons (Fsp3) is 0.211. The van der Waals surface area contributed by atoms with Crippen LogP contribution in [0.2, 0.25) is 0 Å². The number of nitrogens with one attached hydrogen (secondary N) is 2. The molecule has 2 N–H and O–H groups in total. The third kappa shape index (κ3) is 3.87. The minimum atomic E-state index is -0.309. The van der Waals surface area contributed by atoms with Crippen LogP contribution in [0.5, 0.6) is 0 Å². The zero-order valence-corrected chi connectivity index (χ0v) is 16.4. The summed E-state index contributed by atoms with van der Waals surface area (Å²) in [5.41, 5.74) is 2.62. The van der Waals surface area contributed by atoms with Gasteiger partial charge in [0.25, 0.3) is 11.8 Å². The van der Waals surface area contributed by atoms with E-state index in [9.17, 15) is 14.4 Å². The molecule has 0 fully saturated rings. The van der Waals surface area contributed by atoms with Crippen molar-refractivity contribution in [3.8, 4) is 0 Å². The summed E-state index contributed by atoms with van der Waals surface area (Å²) in [6.07, 6.45) is 0.491. The van der Waals surface area contributed by atoms with Gasteiger partial charge in [-0.3, -0.25) is 14.5 Å². The molecule has 0 aliphatic carbocycles. The van der Waals surface area contributed by atoms with Crippen molar-refractivity contribution in [1.29, 1.82) is 0 Å². The van der Waals surface area contributed by atoms with E-state index < -0.39 is 0 Å². The summed E-state index contributed by atoms with van der Waals surface area (Å²) in [6.45, 7) is 2.57. The van der Waals surface area contributed by atoms with Gasteiger partial charge in [-0.2, -0.15) is 0 Å². The Morgan fingerprint density at radius 1 is 1.08 bits per heavy atom. The maximum atomic E-state index is 12.2. The van der Waals surface area contributed by atoms with Crippen molar-refractivity contribution in [2.45, 2.75) is 13.3 Å². The van der Waals surface area contributed by atoms with Gasteiger partial charge in [0, 0.05) is 22.3 Å². The summed E-state index contributed by atoms with van der Waals surface area (Å²) in [7, 11) is 0. The molecule has 26 heavy (non-hydrogen) atoms. The molecule has 4 amide bonds. The van der Waals surface area contributed by atoms with Crippen LogP contribution in [0.1, 0.15) is 32.7 Å². The van der Waals surface area contributed by atoms with E-state index in [1.54, 1.807) is 24.3 Å². The van der Waals surface area contributed by atoms with E-state index in [2.05, 4.69) is 33.2 Å². The highest BCUT2D eigenvalue weighted by Crippen LogP contribution is 2.22. The number of urea groups is 1. The Kier molecular flexibility index (Phi) is 5.55. The van der Waals surface area contributed by atoms with E-state index in [1.165, 1.54) is 4.90 Å². The highest BCUT2D eigenvalue weighted by atomic mass is 127. The molecule has 2 aromatic rings. The molecule has 0 aromatic heterocycles. The largest absolute Gasteiger partial charge is 0.338 e. The van der Waals surface area contributed by atoms with Crippen molar-refractivity contribution in [3.63, 3.8) is 0 Å². The Morgan fingerprint density at radius 2 is 1.73 bits per heavy atom. The molecule has 0 radical (unpaired) electrons. The first-order valence-corrected chi connectivity index (χ1v) is 9.31. The standard InChI is InChI=1S/C19H18IN3O3/c1-12-11-13(20)7-8-16(12)22-19(26)21-9-4-10-23-17(24)14-5-2-3-6-15(14)18(23)25/h2-3,5-8,11H,4,9-10H2,1H3,(H2,21,22,26). The Labute approximate surface area is 165 Å². The first-order chi connectivity index (χ1) is 12.5. The first-order valence-electron chi connectivity index (χ1n) is 8.23. The van der Waals surface area contributed by atoms with Gasteiger partial charge in [0.2, 0.25) is 0 Å². The average molecular weight is 463 g/mol. The Bertz CT molecular complexity index is 847.